The molecule has 0 saturated carbocycles. The second-order valence-electron chi connectivity index (χ2n) is 6.27. The van der Waals surface area contributed by atoms with E-state index in [2.05, 4.69) is 5.32 Å². The maximum absolute atomic E-state index is 11.9. The lowest BCUT2D eigenvalue weighted by atomic mass is 10.2. The van der Waals surface area contributed by atoms with Gasteiger partial charge in [-0.25, -0.2) is 9.59 Å². The van der Waals surface area contributed by atoms with E-state index in [1.54, 1.807) is 24.3 Å². The lowest BCUT2D eigenvalue weighted by molar-refractivity contribution is -0.222. The molecule has 2 aromatic carbocycles. The van der Waals surface area contributed by atoms with Crippen molar-refractivity contribution in [2.45, 2.75) is 26.6 Å². The number of nitrogens with one attached hydrogen (secondary N) is 1. The Bertz CT molecular complexity index is 846. The maximum atomic E-state index is 11.9. The zero-order chi connectivity index (χ0) is 18.7. The molecule has 1 aliphatic heterocycles. The van der Waals surface area contributed by atoms with Crippen molar-refractivity contribution in [1.82, 2.24) is 0 Å². The summed E-state index contributed by atoms with van der Waals surface area (Å²) in [6.45, 7) is 4.97. The molecule has 26 heavy (non-hydrogen) atoms. The van der Waals surface area contributed by atoms with Crippen LogP contribution < -0.4 is 10.1 Å². The van der Waals surface area contributed by atoms with Crippen molar-refractivity contribution in [3.8, 4) is 11.5 Å². The van der Waals surface area contributed by atoms with Gasteiger partial charge >= 0.3 is 11.9 Å². The van der Waals surface area contributed by atoms with Gasteiger partial charge in [-0.3, -0.25) is 0 Å². The van der Waals surface area contributed by atoms with Crippen LogP contribution in [-0.4, -0.2) is 17.7 Å². The first-order valence-corrected chi connectivity index (χ1v) is 8.11. The Labute approximate surface area is 151 Å². The Morgan fingerprint density at radius 2 is 1.58 bits per heavy atom. The average Bonchev–Trinajstić information content (AvgIpc) is 2.56. The summed E-state index contributed by atoms with van der Waals surface area (Å²) in [7, 11) is 0. The van der Waals surface area contributed by atoms with Gasteiger partial charge in [0, 0.05) is 25.7 Å². The molecule has 1 fully saturated rings. The monoisotopic (exact) mass is 353 g/mol. The summed E-state index contributed by atoms with van der Waals surface area (Å²) in [6, 6.07) is 14.8. The molecule has 134 valence electrons. The Morgan fingerprint density at radius 1 is 0.962 bits per heavy atom. The van der Waals surface area contributed by atoms with E-state index < -0.39 is 17.7 Å². The molecule has 0 aliphatic carbocycles. The highest BCUT2D eigenvalue weighted by molar-refractivity contribution is 6.15. The molecule has 0 unspecified atom stereocenters. The number of carbonyl (C=O) groups is 2. The molecule has 6 heteroatoms. The van der Waals surface area contributed by atoms with Crippen LogP contribution in [-0.2, 0) is 19.1 Å². The SMILES string of the molecule is Cc1ccccc1Oc1ccc(NC=C2C(=O)OC(C)(C)OC2=O)cc1. The van der Waals surface area contributed by atoms with Gasteiger partial charge in [0.05, 0.1) is 0 Å². The Kier molecular flexibility index (Phi) is 4.67. The van der Waals surface area contributed by atoms with Gasteiger partial charge in [-0.1, -0.05) is 18.2 Å². The first-order valence-electron chi connectivity index (χ1n) is 8.11. The molecule has 0 bridgehead atoms. The first kappa shape index (κ1) is 17.5. The zero-order valence-electron chi connectivity index (χ0n) is 14.7. The number of hydrogen-bond donors (Lipinski definition) is 1. The summed E-state index contributed by atoms with van der Waals surface area (Å²) in [5.41, 5.74) is 1.53. The molecule has 0 atom stereocenters. The molecule has 2 aromatic rings. The fraction of sp³-hybridized carbons (Fsp3) is 0.200. The largest absolute Gasteiger partial charge is 0.457 e. The Hall–Kier alpha value is -3.28. The van der Waals surface area contributed by atoms with Crippen molar-refractivity contribution >= 4 is 17.6 Å². The van der Waals surface area contributed by atoms with Crippen LogP contribution in [0.2, 0.25) is 0 Å². The highest BCUT2D eigenvalue weighted by Crippen LogP contribution is 2.26. The van der Waals surface area contributed by atoms with Crippen molar-refractivity contribution in [2.24, 2.45) is 0 Å². The van der Waals surface area contributed by atoms with Crippen LogP contribution in [0.15, 0.2) is 60.3 Å². The number of aryl methyl sites for hydroxylation is 1. The standard InChI is InChI=1S/C20H19NO5/c1-13-6-4-5-7-17(13)24-15-10-8-14(9-11-15)21-12-16-18(22)25-20(2,3)26-19(16)23/h4-12,21H,1-3H3. The summed E-state index contributed by atoms with van der Waals surface area (Å²) in [6.07, 6.45) is 1.27. The third kappa shape index (κ3) is 4.03. The predicted molar refractivity (Wildman–Crippen MR) is 95.7 cm³/mol. The summed E-state index contributed by atoms with van der Waals surface area (Å²) in [5.74, 6) is -1.24. The topological polar surface area (TPSA) is 73.9 Å². The highest BCUT2D eigenvalue weighted by atomic mass is 16.7. The minimum atomic E-state index is -1.25. The number of ether oxygens (including phenoxy) is 3. The summed E-state index contributed by atoms with van der Waals surface area (Å²) >= 11 is 0. The van der Waals surface area contributed by atoms with Crippen molar-refractivity contribution < 1.29 is 23.8 Å². The van der Waals surface area contributed by atoms with E-state index in [-0.39, 0.29) is 5.57 Å². The molecule has 1 aliphatic rings. The van der Waals surface area contributed by atoms with Gasteiger partial charge in [0.1, 0.15) is 11.5 Å². The van der Waals surface area contributed by atoms with Gasteiger partial charge in [0.15, 0.2) is 5.57 Å². The quantitative estimate of drug-likeness (QED) is 0.510. The number of rotatable bonds is 4. The van der Waals surface area contributed by atoms with Gasteiger partial charge in [-0.15, -0.1) is 0 Å². The predicted octanol–water partition coefficient (Wildman–Crippen LogP) is 3.92. The number of carbonyl (C=O) groups excluding carboxylic acids is 2. The third-order valence-corrected chi connectivity index (χ3v) is 3.68. The highest BCUT2D eigenvalue weighted by Gasteiger charge is 2.38. The van der Waals surface area contributed by atoms with Crippen LogP contribution in [0.4, 0.5) is 5.69 Å². The molecule has 6 nitrogen and oxygen atoms in total. The number of cyclic esters (lactones) is 2. The molecular formula is C20H19NO5. The van der Waals surface area contributed by atoms with Crippen LogP contribution in [0.1, 0.15) is 19.4 Å². The molecular weight excluding hydrogens is 334 g/mol. The zero-order valence-corrected chi connectivity index (χ0v) is 14.7. The number of anilines is 1. The molecule has 1 heterocycles. The molecule has 0 radical (unpaired) electrons. The van der Waals surface area contributed by atoms with Gasteiger partial charge < -0.3 is 19.5 Å². The van der Waals surface area contributed by atoms with Crippen molar-refractivity contribution in [2.75, 3.05) is 5.32 Å². The number of para-hydroxylation sites is 1. The lowest BCUT2D eigenvalue weighted by Gasteiger charge is -2.29. The Morgan fingerprint density at radius 3 is 2.19 bits per heavy atom. The summed E-state index contributed by atoms with van der Waals surface area (Å²) in [4.78, 5) is 23.8. The van der Waals surface area contributed by atoms with E-state index >= 15 is 0 Å². The van der Waals surface area contributed by atoms with E-state index in [1.165, 1.54) is 20.0 Å². The summed E-state index contributed by atoms with van der Waals surface area (Å²) < 4.78 is 15.9. The van der Waals surface area contributed by atoms with E-state index in [0.29, 0.717) is 11.4 Å². The molecule has 1 N–H and O–H groups in total. The minimum Gasteiger partial charge on any atom is -0.457 e. The van der Waals surface area contributed by atoms with E-state index in [4.69, 9.17) is 14.2 Å². The van der Waals surface area contributed by atoms with Crippen LogP contribution in [0.25, 0.3) is 0 Å². The fourth-order valence-corrected chi connectivity index (χ4v) is 2.35. The minimum absolute atomic E-state index is 0.190. The number of benzene rings is 2. The lowest BCUT2D eigenvalue weighted by Crippen LogP contribution is -2.42. The van der Waals surface area contributed by atoms with Gasteiger partial charge in [-0.2, -0.15) is 0 Å². The van der Waals surface area contributed by atoms with Crippen LogP contribution >= 0.6 is 0 Å². The normalized spacial score (nSPS) is 15.7. The molecule has 3 rings (SSSR count). The second kappa shape index (κ2) is 6.92. The fourth-order valence-electron chi connectivity index (χ4n) is 2.35. The van der Waals surface area contributed by atoms with Gasteiger partial charge in [-0.05, 0) is 42.8 Å². The van der Waals surface area contributed by atoms with E-state index in [9.17, 15) is 9.59 Å². The van der Waals surface area contributed by atoms with Crippen molar-refractivity contribution in [3.05, 3.63) is 65.9 Å². The van der Waals surface area contributed by atoms with Crippen molar-refractivity contribution in [1.29, 1.82) is 0 Å². The first-order chi connectivity index (χ1) is 12.3. The van der Waals surface area contributed by atoms with Crippen LogP contribution in [0.3, 0.4) is 0 Å². The maximum Gasteiger partial charge on any atom is 0.350 e. The van der Waals surface area contributed by atoms with Crippen molar-refractivity contribution in [3.63, 3.8) is 0 Å². The number of esters is 2. The van der Waals surface area contributed by atoms with Crippen LogP contribution in [0, 0.1) is 6.92 Å². The van der Waals surface area contributed by atoms with Crippen LogP contribution in [0.5, 0.6) is 11.5 Å². The van der Waals surface area contributed by atoms with Gasteiger partial charge in [0.2, 0.25) is 0 Å². The van der Waals surface area contributed by atoms with E-state index in [0.717, 1.165) is 11.3 Å². The second-order valence-corrected chi connectivity index (χ2v) is 6.27. The summed E-state index contributed by atoms with van der Waals surface area (Å²) in [5, 5.41) is 2.89. The van der Waals surface area contributed by atoms with E-state index in [1.807, 2.05) is 31.2 Å². The molecule has 0 spiro atoms. The molecule has 0 aromatic heterocycles. The number of hydrogen-bond acceptors (Lipinski definition) is 6. The molecule has 0 amide bonds. The smallest absolute Gasteiger partial charge is 0.350 e. The average molecular weight is 353 g/mol. The van der Waals surface area contributed by atoms with Gasteiger partial charge in [0.25, 0.3) is 5.79 Å². The molecule has 1 saturated heterocycles. The third-order valence-electron chi connectivity index (χ3n) is 3.68. The Balaban J connectivity index is 1.67.